The van der Waals surface area contributed by atoms with Crippen LogP contribution in [0.4, 0.5) is 15.9 Å². The van der Waals surface area contributed by atoms with Crippen LogP contribution in [0.1, 0.15) is 0 Å². The van der Waals surface area contributed by atoms with E-state index in [1.807, 2.05) is 0 Å². The van der Waals surface area contributed by atoms with Gasteiger partial charge in [0.2, 0.25) is 5.82 Å². The van der Waals surface area contributed by atoms with Crippen molar-refractivity contribution in [3.05, 3.63) is 40.3 Å². The summed E-state index contributed by atoms with van der Waals surface area (Å²) in [5.41, 5.74) is 0.239. The molecule has 0 N–H and O–H groups in total. The molecule has 1 heterocycles. The molecule has 19 heavy (non-hydrogen) atoms. The van der Waals surface area contributed by atoms with Crippen LogP contribution in [0, 0.1) is 5.82 Å². The smallest absolute Gasteiger partial charge is 0.318 e. The van der Waals surface area contributed by atoms with E-state index in [-0.39, 0.29) is 17.5 Å². The summed E-state index contributed by atoms with van der Waals surface area (Å²) in [4.78, 5) is 7.30. The first-order chi connectivity index (χ1) is 9.11. The van der Waals surface area contributed by atoms with Crippen molar-refractivity contribution in [3.63, 3.8) is 0 Å². The lowest BCUT2D eigenvalue weighted by atomic mass is 10.3. The molecular weight excluding hydrogens is 294 g/mol. The SMILES string of the molecule is COc1ncc(F)c(N=Nc2c(Cl)cccc2Cl)n1. The van der Waals surface area contributed by atoms with Crippen LogP contribution >= 0.6 is 23.2 Å². The first kappa shape index (κ1) is 13.6. The Balaban J connectivity index is 2.37. The van der Waals surface area contributed by atoms with E-state index in [2.05, 4.69) is 20.2 Å². The zero-order chi connectivity index (χ0) is 13.8. The molecule has 98 valence electrons. The molecule has 0 radical (unpaired) electrons. The van der Waals surface area contributed by atoms with E-state index in [1.165, 1.54) is 7.11 Å². The summed E-state index contributed by atoms with van der Waals surface area (Å²) in [7, 11) is 1.36. The third kappa shape index (κ3) is 3.15. The Morgan fingerprint density at radius 1 is 1.21 bits per heavy atom. The lowest BCUT2D eigenvalue weighted by molar-refractivity contribution is 0.377. The summed E-state index contributed by atoms with van der Waals surface area (Å²) < 4.78 is 18.2. The predicted octanol–water partition coefficient (Wildman–Crippen LogP) is 4.35. The van der Waals surface area contributed by atoms with Gasteiger partial charge in [-0.25, -0.2) is 9.37 Å². The number of hydrogen-bond acceptors (Lipinski definition) is 5. The minimum absolute atomic E-state index is 0.0133. The number of nitrogens with zero attached hydrogens (tertiary/aromatic N) is 4. The number of aromatic nitrogens is 2. The molecule has 2 aromatic rings. The fraction of sp³-hybridized carbons (Fsp3) is 0.0909. The summed E-state index contributed by atoms with van der Waals surface area (Å²) in [6, 6.07) is 4.84. The van der Waals surface area contributed by atoms with Crippen molar-refractivity contribution in [2.24, 2.45) is 10.2 Å². The molecular formula is C11H7Cl2FN4O. The summed E-state index contributed by atoms with van der Waals surface area (Å²) in [5, 5.41) is 8.05. The standard InChI is InChI=1S/C11H7Cl2FN4O/c1-19-11-15-5-8(14)10(16-11)18-17-9-6(12)3-2-4-7(9)13/h2-5H,1H3. The topological polar surface area (TPSA) is 59.7 Å². The van der Waals surface area contributed by atoms with Gasteiger partial charge < -0.3 is 4.74 Å². The normalized spacial score (nSPS) is 10.9. The minimum Gasteiger partial charge on any atom is -0.467 e. The molecule has 8 heteroatoms. The minimum atomic E-state index is -0.729. The largest absolute Gasteiger partial charge is 0.467 e. The van der Waals surface area contributed by atoms with Crippen molar-refractivity contribution in [2.45, 2.75) is 0 Å². The number of halogens is 3. The molecule has 0 amide bonds. The van der Waals surface area contributed by atoms with Crippen LogP contribution in [0.2, 0.25) is 10.0 Å². The van der Waals surface area contributed by atoms with Crippen molar-refractivity contribution in [1.82, 2.24) is 9.97 Å². The van der Waals surface area contributed by atoms with E-state index in [9.17, 15) is 4.39 Å². The Bertz CT molecular complexity index is 616. The lowest BCUT2D eigenvalue weighted by Gasteiger charge is -2.00. The number of azo groups is 1. The first-order valence-electron chi connectivity index (χ1n) is 5.04. The van der Waals surface area contributed by atoms with Crippen molar-refractivity contribution in [2.75, 3.05) is 7.11 Å². The maximum Gasteiger partial charge on any atom is 0.318 e. The third-order valence-electron chi connectivity index (χ3n) is 2.07. The summed E-state index contributed by atoms with van der Waals surface area (Å²) in [6.07, 6.45) is 0.939. The zero-order valence-electron chi connectivity index (χ0n) is 9.64. The lowest BCUT2D eigenvalue weighted by Crippen LogP contribution is -1.92. The summed E-state index contributed by atoms with van der Waals surface area (Å²) in [6.45, 7) is 0. The molecule has 5 nitrogen and oxygen atoms in total. The maximum absolute atomic E-state index is 13.4. The van der Waals surface area contributed by atoms with E-state index in [4.69, 9.17) is 27.9 Å². The maximum atomic E-state index is 13.4. The monoisotopic (exact) mass is 300 g/mol. The van der Waals surface area contributed by atoms with Crippen LogP contribution in [-0.4, -0.2) is 17.1 Å². The number of rotatable bonds is 3. The van der Waals surface area contributed by atoms with E-state index in [0.29, 0.717) is 10.0 Å². The van der Waals surface area contributed by atoms with Gasteiger partial charge >= 0.3 is 6.01 Å². The Hall–Kier alpha value is -1.79. The highest BCUT2D eigenvalue weighted by atomic mass is 35.5. The average Bonchev–Trinajstić information content (AvgIpc) is 2.40. The van der Waals surface area contributed by atoms with Gasteiger partial charge in [-0.1, -0.05) is 29.3 Å². The molecule has 1 aromatic carbocycles. The van der Waals surface area contributed by atoms with Gasteiger partial charge in [-0.3, -0.25) is 0 Å². The molecule has 0 fully saturated rings. The highest BCUT2D eigenvalue weighted by Crippen LogP contribution is 2.33. The summed E-state index contributed by atoms with van der Waals surface area (Å²) in [5.74, 6) is -0.990. The Morgan fingerprint density at radius 3 is 2.53 bits per heavy atom. The quantitative estimate of drug-likeness (QED) is 0.792. The molecule has 0 aliphatic heterocycles. The van der Waals surface area contributed by atoms with Crippen LogP contribution in [-0.2, 0) is 0 Å². The van der Waals surface area contributed by atoms with Crippen LogP contribution in [0.25, 0.3) is 0 Å². The van der Waals surface area contributed by atoms with Crippen molar-refractivity contribution in [1.29, 1.82) is 0 Å². The van der Waals surface area contributed by atoms with E-state index < -0.39 is 5.82 Å². The number of hydrogen-bond donors (Lipinski definition) is 0. The van der Waals surface area contributed by atoms with Gasteiger partial charge in [-0.05, 0) is 12.1 Å². The molecule has 0 spiro atoms. The first-order valence-corrected chi connectivity index (χ1v) is 5.79. The van der Waals surface area contributed by atoms with Crippen LogP contribution < -0.4 is 4.74 Å². The Kier molecular flexibility index (Phi) is 4.24. The van der Waals surface area contributed by atoms with Crippen molar-refractivity contribution < 1.29 is 9.13 Å². The highest BCUT2D eigenvalue weighted by molar-refractivity contribution is 6.38. The van der Waals surface area contributed by atoms with E-state index in [0.717, 1.165) is 6.20 Å². The predicted molar refractivity (Wildman–Crippen MR) is 69.2 cm³/mol. The molecule has 0 saturated heterocycles. The number of benzene rings is 1. The van der Waals surface area contributed by atoms with Crippen LogP contribution in [0.15, 0.2) is 34.6 Å². The number of ether oxygens (including phenoxy) is 1. The second-order valence-corrected chi connectivity index (χ2v) is 4.11. The Morgan fingerprint density at radius 2 is 1.89 bits per heavy atom. The van der Waals surface area contributed by atoms with E-state index >= 15 is 0 Å². The molecule has 0 aliphatic rings. The third-order valence-corrected chi connectivity index (χ3v) is 2.68. The molecule has 1 aromatic heterocycles. The molecule has 0 bridgehead atoms. The average molecular weight is 301 g/mol. The van der Waals surface area contributed by atoms with Gasteiger partial charge in [0.05, 0.1) is 23.4 Å². The Labute approximate surface area is 118 Å². The molecule has 0 aliphatic carbocycles. The molecule has 0 unspecified atom stereocenters. The van der Waals surface area contributed by atoms with Crippen molar-refractivity contribution in [3.8, 4) is 6.01 Å². The molecule has 0 saturated carbocycles. The van der Waals surface area contributed by atoms with Gasteiger partial charge in [0.1, 0.15) is 5.69 Å². The fourth-order valence-electron chi connectivity index (χ4n) is 1.19. The molecule has 2 rings (SSSR count). The van der Waals surface area contributed by atoms with Crippen molar-refractivity contribution >= 4 is 34.7 Å². The van der Waals surface area contributed by atoms with Gasteiger partial charge in [-0.15, -0.1) is 10.2 Å². The fourth-order valence-corrected chi connectivity index (χ4v) is 1.67. The summed E-state index contributed by atoms with van der Waals surface area (Å²) >= 11 is 11.8. The van der Waals surface area contributed by atoms with Crippen LogP contribution in [0.5, 0.6) is 6.01 Å². The molecule has 0 atom stereocenters. The second kappa shape index (κ2) is 5.90. The van der Waals surface area contributed by atoms with Gasteiger partial charge in [0.25, 0.3) is 0 Å². The second-order valence-electron chi connectivity index (χ2n) is 3.30. The van der Waals surface area contributed by atoms with Gasteiger partial charge in [-0.2, -0.15) is 4.98 Å². The highest BCUT2D eigenvalue weighted by Gasteiger charge is 2.08. The van der Waals surface area contributed by atoms with E-state index in [1.54, 1.807) is 18.2 Å². The van der Waals surface area contributed by atoms with Gasteiger partial charge in [0, 0.05) is 0 Å². The van der Waals surface area contributed by atoms with Crippen LogP contribution in [0.3, 0.4) is 0 Å². The van der Waals surface area contributed by atoms with Gasteiger partial charge in [0.15, 0.2) is 5.82 Å². The number of methoxy groups -OCH3 is 1. The zero-order valence-corrected chi connectivity index (χ0v) is 11.2.